The van der Waals surface area contributed by atoms with E-state index < -0.39 is 7.82 Å². The lowest BCUT2D eigenvalue weighted by molar-refractivity contribution is 0.0169. The Kier molecular flexibility index (Phi) is 12.2. The molecule has 26 heavy (non-hydrogen) atoms. The molecule has 0 aromatic heterocycles. The van der Waals surface area contributed by atoms with E-state index in [0.717, 1.165) is 19.7 Å². The van der Waals surface area contributed by atoms with Crippen LogP contribution in [0.5, 0.6) is 0 Å². The first-order valence-electron chi connectivity index (χ1n) is 9.57. The highest BCUT2D eigenvalue weighted by atomic mass is 31.2. The van der Waals surface area contributed by atoms with Crippen LogP contribution in [0, 0.1) is 0 Å². The standard InChI is InChI=1S/C13H23N3O.C4H11O4P/c1-11(13-9-14-7-8-17-13)15-10-16-12-5-3-2-4-6-12;1-3-7-9(5,6)8-4-2/h11-14H,2-9H2,1H3;3-4H2,1-2H3,(H,5,6). The molecule has 1 saturated carbocycles. The number of nitrogens with one attached hydrogen (secondary N) is 1. The van der Waals surface area contributed by atoms with Crippen molar-refractivity contribution < 1.29 is 23.2 Å². The minimum absolute atomic E-state index is 0.148. The predicted molar refractivity (Wildman–Crippen MR) is 102 cm³/mol. The zero-order chi connectivity index (χ0) is 19.3. The van der Waals surface area contributed by atoms with Gasteiger partial charge in [-0.2, -0.15) is 0 Å². The van der Waals surface area contributed by atoms with E-state index in [1.54, 1.807) is 13.8 Å². The van der Waals surface area contributed by atoms with Gasteiger partial charge in [-0.3, -0.25) is 9.05 Å². The number of ether oxygens (including phenoxy) is 1. The molecule has 152 valence electrons. The monoisotopic (exact) mass is 391 g/mol. The first kappa shape index (κ1) is 23.4. The number of rotatable bonds is 7. The fourth-order valence-electron chi connectivity index (χ4n) is 2.76. The Labute approximate surface area is 157 Å². The summed E-state index contributed by atoms with van der Waals surface area (Å²) < 4.78 is 24.9. The molecule has 0 aromatic rings. The number of phosphoric acid groups is 1. The highest BCUT2D eigenvalue weighted by Crippen LogP contribution is 2.42. The van der Waals surface area contributed by atoms with E-state index in [4.69, 9.17) is 9.63 Å². The Morgan fingerprint density at radius 2 is 1.92 bits per heavy atom. The summed E-state index contributed by atoms with van der Waals surface area (Å²) in [5.74, 6) is 0. The quantitative estimate of drug-likeness (QED) is 0.511. The van der Waals surface area contributed by atoms with E-state index in [2.05, 4.69) is 37.3 Å². The number of hydrogen-bond donors (Lipinski definition) is 2. The van der Waals surface area contributed by atoms with E-state index in [1.165, 1.54) is 32.1 Å². The number of nitrogens with zero attached hydrogens (tertiary/aromatic N) is 2. The Morgan fingerprint density at radius 3 is 2.46 bits per heavy atom. The molecule has 9 heteroatoms. The third kappa shape index (κ3) is 10.5. The number of morpholine rings is 1. The van der Waals surface area contributed by atoms with Crippen molar-refractivity contribution in [2.24, 2.45) is 9.98 Å². The van der Waals surface area contributed by atoms with Crippen LogP contribution in [0.15, 0.2) is 9.98 Å². The summed E-state index contributed by atoms with van der Waals surface area (Å²) >= 11 is 0. The lowest BCUT2D eigenvalue weighted by Crippen LogP contribution is -2.43. The Morgan fingerprint density at radius 1 is 1.27 bits per heavy atom. The van der Waals surface area contributed by atoms with Crippen LogP contribution in [0.25, 0.3) is 0 Å². The molecule has 2 atom stereocenters. The van der Waals surface area contributed by atoms with Crippen molar-refractivity contribution in [3.63, 3.8) is 0 Å². The third-order valence-corrected chi connectivity index (χ3v) is 5.32. The molecule has 1 heterocycles. The summed E-state index contributed by atoms with van der Waals surface area (Å²) in [5, 5.41) is 3.31. The normalized spacial score (nSPS) is 22.5. The molecule has 1 aliphatic carbocycles. The zero-order valence-electron chi connectivity index (χ0n) is 16.2. The third-order valence-electron chi connectivity index (χ3n) is 4.16. The Balaban J connectivity index is 0.000000321. The molecule has 2 fully saturated rings. The van der Waals surface area contributed by atoms with Gasteiger partial charge in [0.15, 0.2) is 0 Å². The average molecular weight is 391 g/mol. The highest BCUT2D eigenvalue weighted by molar-refractivity contribution is 7.47. The van der Waals surface area contributed by atoms with Crippen LogP contribution in [0.2, 0.25) is 0 Å². The van der Waals surface area contributed by atoms with Gasteiger partial charge in [-0.05, 0) is 33.6 Å². The molecule has 2 N–H and O–H groups in total. The summed E-state index contributed by atoms with van der Waals surface area (Å²) in [4.78, 5) is 17.4. The predicted octanol–water partition coefficient (Wildman–Crippen LogP) is 3.03. The van der Waals surface area contributed by atoms with E-state index in [9.17, 15) is 4.57 Å². The van der Waals surface area contributed by atoms with E-state index in [-0.39, 0.29) is 25.4 Å². The maximum Gasteiger partial charge on any atom is 0.472 e. The van der Waals surface area contributed by atoms with Gasteiger partial charge in [-0.25, -0.2) is 14.5 Å². The largest absolute Gasteiger partial charge is 0.472 e. The minimum Gasteiger partial charge on any atom is -0.373 e. The van der Waals surface area contributed by atoms with Gasteiger partial charge in [0.25, 0.3) is 0 Å². The molecule has 2 unspecified atom stereocenters. The summed E-state index contributed by atoms with van der Waals surface area (Å²) in [6.45, 7) is 8.32. The molecule has 0 spiro atoms. The van der Waals surface area contributed by atoms with Crippen molar-refractivity contribution in [2.45, 2.75) is 71.1 Å². The van der Waals surface area contributed by atoms with Crippen LogP contribution in [0.4, 0.5) is 0 Å². The van der Waals surface area contributed by atoms with E-state index in [0.29, 0.717) is 6.04 Å². The van der Waals surface area contributed by atoms with Crippen molar-refractivity contribution in [3.8, 4) is 0 Å². The van der Waals surface area contributed by atoms with Gasteiger partial charge >= 0.3 is 7.82 Å². The number of phosphoric ester groups is 1. The summed E-state index contributed by atoms with van der Waals surface area (Å²) in [7, 11) is -3.69. The summed E-state index contributed by atoms with van der Waals surface area (Å²) in [5.41, 5.74) is 0. The molecule has 8 nitrogen and oxygen atoms in total. The fraction of sp³-hybridized carbons (Fsp3) is 0.941. The first-order chi connectivity index (χ1) is 12.5. The van der Waals surface area contributed by atoms with Gasteiger partial charge in [-0.15, -0.1) is 0 Å². The molecular formula is C17H34N3O5P. The molecule has 1 saturated heterocycles. The van der Waals surface area contributed by atoms with Crippen molar-refractivity contribution >= 4 is 13.8 Å². The smallest absolute Gasteiger partial charge is 0.373 e. The van der Waals surface area contributed by atoms with Gasteiger partial charge in [0.2, 0.25) is 0 Å². The second kappa shape index (κ2) is 13.6. The lowest BCUT2D eigenvalue weighted by Gasteiger charge is -2.25. The number of aliphatic imine (C=N–C) groups is 2. The maximum absolute atomic E-state index is 10.5. The first-order valence-corrected chi connectivity index (χ1v) is 11.1. The van der Waals surface area contributed by atoms with Crippen LogP contribution >= 0.6 is 7.82 Å². The topological polar surface area (TPSA) is 102 Å². The van der Waals surface area contributed by atoms with E-state index >= 15 is 0 Å². The van der Waals surface area contributed by atoms with Gasteiger partial charge < -0.3 is 14.9 Å². The molecule has 2 aliphatic rings. The Hall–Kier alpha value is -0.590. The van der Waals surface area contributed by atoms with Gasteiger partial charge in [-0.1, -0.05) is 19.3 Å². The van der Waals surface area contributed by atoms with Crippen LogP contribution in [0.1, 0.15) is 52.9 Å². The van der Waals surface area contributed by atoms with Gasteiger partial charge in [0, 0.05) is 13.1 Å². The van der Waals surface area contributed by atoms with Crippen molar-refractivity contribution in [1.82, 2.24) is 5.32 Å². The highest BCUT2D eigenvalue weighted by Gasteiger charge is 2.19. The second-order valence-corrected chi connectivity index (χ2v) is 7.76. The van der Waals surface area contributed by atoms with Crippen molar-refractivity contribution in [2.75, 3.05) is 32.9 Å². The van der Waals surface area contributed by atoms with E-state index in [1.807, 2.05) is 0 Å². The zero-order valence-corrected chi connectivity index (χ0v) is 17.1. The Bertz CT molecular complexity index is 463. The molecule has 0 aromatic carbocycles. The molecule has 0 bridgehead atoms. The van der Waals surface area contributed by atoms with Crippen LogP contribution < -0.4 is 5.32 Å². The van der Waals surface area contributed by atoms with Crippen molar-refractivity contribution in [1.29, 1.82) is 0 Å². The SMILES string of the molecule is CC(N=C=NC1CCCCC1)C1CNCCO1.CCOP(=O)(O)OCC. The molecule has 2 rings (SSSR count). The van der Waals surface area contributed by atoms with Crippen LogP contribution in [-0.4, -0.2) is 62.0 Å². The van der Waals surface area contributed by atoms with Crippen molar-refractivity contribution in [3.05, 3.63) is 0 Å². The van der Waals surface area contributed by atoms with Crippen LogP contribution in [-0.2, 0) is 18.3 Å². The molecule has 0 amide bonds. The summed E-state index contributed by atoms with van der Waals surface area (Å²) in [6, 6.07) is 3.51. The molecule has 1 aliphatic heterocycles. The van der Waals surface area contributed by atoms with Gasteiger partial charge in [0.1, 0.15) is 0 Å². The second-order valence-electron chi connectivity index (χ2n) is 6.31. The van der Waals surface area contributed by atoms with Crippen LogP contribution in [0.3, 0.4) is 0 Å². The number of hydrogen-bond acceptors (Lipinski definition) is 7. The molecule has 0 radical (unpaired) electrons. The lowest BCUT2D eigenvalue weighted by atomic mass is 9.96. The van der Waals surface area contributed by atoms with Gasteiger partial charge in [0.05, 0.1) is 44.0 Å². The maximum atomic E-state index is 10.5. The summed E-state index contributed by atoms with van der Waals surface area (Å²) in [6.07, 6.45) is 6.57. The minimum atomic E-state index is -3.69. The fourth-order valence-corrected chi connectivity index (χ4v) is 3.49. The average Bonchev–Trinajstić information content (AvgIpc) is 2.63. The molecular weight excluding hydrogens is 357 g/mol.